The lowest BCUT2D eigenvalue weighted by molar-refractivity contribution is 0.0924. The molecule has 3 rings (SSSR count). The highest BCUT2D eigenvalue weighted by Crippen LogP contribution is 2.36. The fourth-order valence-corrected chi connectivity index (χ4v) is 4.97. The number of hydrogen-bond donors (Lipinski definition) is 2. The Bertz CT molecular complexity index is 1050. The molecule has 2 aromatic rings. The highest BCUT2D eigenvalue weighted by atomic mass is 35.5. The standard InChI is InChI=1S/C21H25ClN2O4S/c1-12(2)24-29(26,27)15-5-6-18(22)16(11-15)21(25)23-19-7-8-28-20-14(4)9-13(3)10-17(19)20/h5-6,9-12,19,24H,7-8H2,1-4H3,(H,23,25). The zero-order valence-electron chi connectivity index (χ0n) is 16.9. The largest absolute Gasteiger partial charge is 0.493 e. The fourth-order valence-electron chi connectivity index (χ4n) is 3.49. The number of carbonyl (C=O) groups is 1. The summed E-state index contributed by atoms with van der Waals surface area (Å²) in [6, 6.07) is 7.66. The van der Waals surface area contributed by atoms with Crippen molar-refractivity contribution in [3.63, 3.8) is 0 Å². The Hall–Kier alpha value is -2.09. The number of rotatable bonds is 5. The Labute approximate surface area is 176 Å². The maximum absolute atomic E-state index is 13.0. The van der Waals surface area contributed by atoms with E-state index in [1.165, 1.54) is 18.2 Å². The van der Waals surface area contributed by atoms with Crippen molar-refractivity contribution in [3.8, 4) is 5.75 Å². The van der Waals surface area contributed by atoms with Crippen molar-refractivity contribution in [2.45, 2.75) is 51.1 Å². The lowest BCUT2D eigenvalue weighted by Gasteiger charge is -2.28. The average Bonchev–Trinajstić information content (AvgIpc) is 2.61. The summed E-state index contributed by atoms with van der Waals surface area (Å²) in [5.41, 5.74) is 3.14. The van der Waals surface area contributed by atoms with Crippen LogP contribution in [-0.2, 0) is 10.0 Å². The van der Waals surface area contributed by atoms with Crippen LogP contribution in [0, 0.1) is 13.8 Å². The number of benzene rings is 2. The normalized spacial score (nSPS) is 16.3. The Morgan fingerprint density at radius 3 is 2.62 bits per heavy atom. The van der Waals surface area contributed by atoms with Crippen LogP contribution in [0.3, 0.4) is 0 Å². The number of carbonyl (C=O) groups excluding carboxylic acids is 1. The molecule has 0 aliphatic carbocycles. The fraction of sp³-hybridized carbons (Fsp3) is 0.381. The molecule has 156 valence electrons. The first-order valence-electron chi connectivity index (χ1n) is 9.45. The first kappa shape index (κ1) is 21.6. The van der Waals surface area contributed by atoms with Gasteiger partial charge in [0.1, 0.15) is 5.75 Å². The number of amides is 1. The molecule has 0 spiro atoms. The predicted molar refractivity (Wildman–Crippen MR) is 113 cm³/mol. The smallest absolute Gasteiger partial charge is 0.253 e. The summed E-state index contributed by atoms with van der Waals surface area (Å²) in [4.78, 5) is 13.0. The van der Waals surface area contributed by atoms with Gasteiger partial charge in [-0.1, -0.05) is 29.3 Å². The monoisotopic (exact) mass is 436 g/mol. The molecule has 1 aliphatic rings. The molecule has 1 amide bonds. The highest BCUT2D eigenvalue weighted by Gasteiger charge is 2.26. The summed E-state index contributed by atoms with van der Waals surface area (Å²) in [5, 5.41) is 3.18. The maximum Gasteiger partial charge on any atom is 0.253 e. The van der Waals surface area contributed by atoms with Gasteiger partial charge in [0.05, 0.1) is 28.1 Å². The van der Waals surface area contributed by atoms with Crippen molar-refractivity contribution in [1.82, 2.24) is 10.0 Å². The molecule has 1 atom stereocenters. The molecule has 0 fully saturated rings. The summed E-state index contributed by atoms with van der Waals surface area (Å²) in [6.45, 7) is 7.92. The molecule has 8 heteroatoms. The molecule has 2 N–H and O–H groups in total. The topological polar surface area (TPSA) is 84.5 Å². The van der Waals surface area contributed by atoms with Crippen LogP contribution in [-0.4, -0.2) is 27.0 Å². The Morgan fingerprint density at radius 2 is 1.93 bits per heavy atom. The second-order valence-electron chi connectivity index (χ2n) is 7.58. The number of ether oxygens (including phenoxy) is 1. The third-order valence-electron chi connectivity index (χ3n) is 4.66. The molecule has 0 saturated carbocycles. The van der Waals surface area contributed by atoms with Crippen LogP contribution < -0.4 is 14.8 Å². The van der Waals surface area contributed by atoms with E-state index in [0.717, 1.165) is 22.4 Å². The first-order valence-corrected chi connectivity index (χ1v) is 11.3. The summed E-state index contributed by atoms with van der Waals surface area (Å²) >= 11 is 6.21. The van der Waals surface area contributed by atoms with Gasteiger partial charge < -0.3 is 10.1 Å². The number of nitrogens with one attached hydrogen (secondary N) is 2. The van der Waals surface area contributed by atoms with Gasteiger partial charge in [-0.15, -0.1) is 0 Å². The van der Waals surface area contributed by atoms with Crippen LogP contribution >= 0.6 is 11.6 Å². The molecule has 0 bridgehead atoms. The summed E-state index contributed by atoms with van der Waals surface area (Å²) in [6.07, 6.45) is 0.617. The highest BCUT2D eigenvalue weighted by molar-refractivity contribution is 7.89. The average molecular weight is 437 g/mol. The van der Waals surface area contributed by atoms with Gasteiger partial charge in [-0.3, -0.25) is 4.79 Å². The lowest BCUT2D eigenvalue weighted by Crippen LogP contribution is -2.33. The summed E-state index contributed by atoms with van der Waals surface area (Å²) in [5.74, 6) is 0.365. The van der Waals surface area contributed by atoms with Crippen LogP contribution in [0.4, 0.5) is 0 Å². The molecule has 0 saturated heterocycles. The molecule has 1 heterocycles. The van der Waals surface area contributed by atoms with Crippen LogP contribution in [0.1, 0.15) is 53.4 Å². The van der Waals surface area contributed by atoms with E-state index in [9.17, 15) is 13.2 Å². The van der Waals surface area contributed by atoms with E-state index in [0.29, 0.717) is 13.0 Å². The van der Waals surface area contributed by atoms with Gasteiger partial charge >= 0.3 is 0 Å². The van der Waals surface area contributed by atoms with Crippen LogP contribution in [0.25, 0.3) is 0 Å². The molecule has 2 aromatic carbocycles. The van der Waals surface area contributed by atoms with Crippen molar-refractivity contribution in [2.75, 3.05) is 6.61 Å². The van der Waals surface area contributed by atoms with E-state index in [-0.39, 0.29) is 27.6 Å². The molecular formula is C21H25ClN2O4S. The van der Waals surface area contributed by atoms with Crippen molar-refractivity contribution in [3.05, 3.63) is 57.6 Å². The minimum atomic E-state index is -3.73. The molecule has 29 heavy (non-hydrogen) atoms. The zero-order valence-corrected chi connectivity index (χ0v) is 18.4. The number of sulfonamides is 1. The summed E-state index contributed by atoms with van der Waals surface area (Å²) < 4.78 is 33.2. The number of halogens is 1. The third kappa shape index (κ3) is 4.74. The first-order chi connectivity index (χ1) is 13.6. The van der Waals surface area contributed by atoms with Crippen molar-refractivity contribution in [1.29, 1.82) is 0 Å². The predicted octanol–water partition coefficient (Wildman–Crippen LogP) is 3.90. The molecular weight excluding hydrogens is 412 g/mol. The third-order valence-corrected chi connectivity index (χ3v) is 6.65. The Morgan fingerprint density at radius 1 is 1.21 bits per heavy atom. The SMILES string of the molecule is Cc1cc(C)c2c(c1)C(NC(=O)c1cc(S(=O)(=O)NC(C)C)ccc1Cl)CCO2. The van der Waals surface area contributed by atoms with E-state index in [1.54, 1.807) is 13.8 Å². The van der Waals surface area contributed by atoms with Gasteiger partial charge in [0.15, 0.2) is 0 Å². The number of aryl methyl sites for hydroxylation is 2. The number of fused-ring (bicyclic) bond motifs is 1. The minimum Gasteiger partial charge on any atom is -0.493 e. The second-order valence-corrected chi connectivity index (χ2v) is 9.70. The molecule has 1 unspecified atom stereocenters. The Kier molecular flexibility index (Phi) is 6.22. The van der Waals surface area contributed by atoms with E-state index < -0.39 is 15.9 Å². The van der Waals surface area contributed by atoms with Crippen molar-refractivity contribution < 1.29 is 17.9 Å². The van der Waals surface area contributed by atoms with E-state index in [4.69, 9.17) is 16.3 Å². The van der Waals surface area contributed by atoms with E-state index >= 15 is 0 Å². The van der Waals surface area contributed by atoms with Gasteiger partial charge in [-0.2, -0.15) is 0 Å². The van der Waals surface area contributed by atoms with Gasteiger partial charge in [-0.05, 0) is 51.5 Å². The molecule has 6 nitrogen and oxygen atoms in total. The van der Waals surface area contributed by atoms with Crippen molar-refractivity contribution in [2.24, 2.45) is 0 Å². The molecule has 0 radical (unpaired) electrons. The quantitative estimate of drug-likeness (QED) is 0.744. The number of hydrogen-bond acceptors (Lipinski definition) is 4. The second kappa shape index (κ2) is 8.34. The van der Waals surface area contributed by atoms with Crippen LogP contribution in [0.15, 0.2) is 35.2 Å². The van der Waals surface area contributed by atoms with E-state index in [2.05, 4.69) is 10.0 Å². The van der Waals surface area contributed by atoms with Gasteiger partial charge in [0.2, 0.25) is 10.0 Å². The lowest BCUT2D eigenvalue weighted by atomic mass is 9.95. The van der Waals surface area contributed by atoms with Gasteiger partial charge in [-0.25, -0.2) is 13.1 Å². The van der Waals surface area contributed by atoms with E-state index in [1.807, 2.05) is 26.0 Å². The minimum absolute atomic E-state index is 0.000170. The summed E-state index contributed by atoms with van der Waals surface area (Å²) in [7, 11) is -3.73. The van der Waals surface area contributed by atoms with Crippen molar-refractivity contribution >= 4 is 27.5 Å². The van der Waals surface area contributed by atoms with Crippen LogP contribution in [0.2, 0.25) is 5.02 Å². The maximum atomic E-state index is 13.0. The molecule has 1 aliphatic heterocycles. The zero-order chi connectivity index (χ0) is 21.3. The van der Waals surface area contributed by atoms with Crippen LogP contribution in [0.5, 0.6) is 5.75 Å². The van der Waals surface area contributed by atoms with Gasteiger partial charge in [0, 0.05) is 18.0 Å². The van der Waals surface area contributed by atoms with Gasteiger partial charge in [0.25, 0.3) is 5.91 Å². The molecule has 0 aromatic heterocycles. The Balaban J connectivity index is 1.91.